The van der Waals surface area contributed by atoms with Crippen LogP contribution in [-0.2, 0) is 0 Å². The minimum Gasteiger partial charge on any atom is -0.250 e. The summed E-state index contributed by atoms with van der Waals surface area (Å²) in [5.74, 6) is 0.698. The monoisotopic (exact) mass is 366 g/mol. The number of para-hydroxylation sites is 1. The van der Waals surface area contributed by atoms with Crippen molar-refractivity contribution in [1.82, 2.24) is 24.7 Å². The summed E-state index contributed by atoms with van der Waals surface area (Å²) in [6, 6.07) is 13.9. The zero-order valence-electron chi connectivity index (χ0n) is 13.3. The summed E-state index contributed by atoms with van der Waals surface area (Å²) >= 11 is 6.88. The number of hydrogen-bond donors (Lipinski definition) is 1. The molecule has 1 N–H and O–H groups in total. The van der Waals surface area contributed by atoms with Gasteiger partial charge in [0.25, 0.3) is 0 Å². The molecule has 0 spiro atoms. The average Bonchev–Trinajstić information content (AvgIpc) is 3.35. The first kappa shape index (κ1) is 15.7. The van der Waals surface area contributed by atoms with Gasteiger partial charge in [-0.25, -0.2) is 9.78 Å². The minimum atomic E-state index is 0.452. The zero-order chi connectivity index (χ0) is 17.2. The molecule has 0 aliphatic heterocycles. The number of aryl methyl sites for hydroxylation is 1. The Morgan fingerprint density at radius 1 is 1.20 bits per heavy atom. The van der Waals surface area contributed by atoms with Crippen molar-refractivity contribution in [2.24, 2.45) is 5.10 Å². The third kappa shape index (κ3) is 3.09. The van der Waals surface area contributed by atoms with Gasteiger partial charge in [-0.15, -0.1) is 11.3 Å². The molecular weight excluding hydrogens is 352 g/mol. The Labute approximate surface area is 153 Å². The second kappa shape index (κ2) is 6.58. The Balaban J connectivity index is 1.69. The van der Waals surface area contributed by atoms with Gasteiger partial charge in [-0.2, -0.15) is 20.0 Å². The summed E-state index contributed by atoms with van der Waals surface area (Å²) in [6.07, 6.45) is 3.70. The van der Waals surface area contributed by atoms with E-state index in [1.807, 2.05) is 65.6 Å². The lowest BCUT2D eigenvalue weighted by Gasteiger charge is -1.98. The molecule has 0 saturated heterocycles. The third-order valence-electron chi connectivity index (χ3n) is 3.66. The maximum absolute atomic E-state index is 5.29. The SMILES string of the molecule is Cc1nn(-c2ccccc2)cc1/C=N\n1c(-c2cccs2)n[nH]c1=S. The van der Waals surface area contributed by atoms with Gasteiger partial charge in [0.05, 0.1) is 22.5 Å². The first-order valence-corrected chi connectivity index (χ1v) is 8.88. The number of benzene rings is 1. The molecule has 3 aromatic heterocycles. The Kier molecular flexibility index (Phi) is 4.12. The summed E-state index contributed by atoms with van der Waals surface area (Å²) < 4.78 is 3.92. The van der Waals surface area contributed by atoms with Crippen LogP contribution in [0.15, 0.2) is 59.1 Å². The molecule has 0 unspecified atom stereocenters. The molecule has 0 fully saturated rings. The number of aromatic amines is 1. The molecule has 124 valence electrons. The van der Waals surface area contributed by atoms with Gasteiger partial charge in [-0.3, -0.25) is 0 Å². The molecule has 1 aromatic carbocycles. The van der Waals surface area contributed by atoms with E-state index in [0.717, 1.165) is 21.8 Å². The van der Waals surface area contributed by atoms with E-state index in [-0.39, 0.29) is 0 Å². The van der Waals surface area contributed by atoms with Crippen LogP contribution in [0.2, 0.25) is 0 Å². The topological polar surface area (TPSA) is 63.8 Å². The molecule has 4 rings (SSSR count). The highest BCUT2D eigenvalue weighted by Crippen LogP contribution is 2.22. The molecule has 0 radical (unpaired) electrons. The number of hydrogen-bond acceptors (Lipinski definition) is 5. The highest BCUT2D eigenvalue weighted by atomic mass is 32.1. The Bertz CT molecular complexity index is 1070. The number of nitrogens with zero attached hydrogens (tertiary/aromatic N) is 5. The number of thiophene rings is 1. The van der Waals surface area contributed by atoms with Crippen molar-refractivity contribution in [3.05, 3.63) is 70.1 Å². The maximum atomic E-state index is 5.29. The van der Waals surface area contributed by atoms with E-state index in [0.29, 0.717) is 10.6 Å². The van der Waals surface area contributed by atoms with Crippen LogP contribution >= 0.6 is 23.6 Å². The van der Waals surface area contributed by atoms with E-state index in [9.17, 15) is 0 Å². The lowest BCUT2D eigenvalue weighted by molar-refractivity contribution is 0.863. The van der Waals surface area contributed by atoms with Crippen LogP contribution < -0.4 is 0 Å². The summed E-state index contributed by atoms with van der Waals surface area (Å²) in [5, 5.41) is 18.1. The molecule has 25 heavy (non-hydrogen) atoms. The minimum absolute atomic E-state index is 0.452. The third-order valence-corrected chi connectivity index (χ3v) is 4.79. The highest BCUT2D eigenvalue weighted by molar-refractivity contribution is 7.71. The fourth-order valence-corrected chi connectivity index (χ4v) is 3.27. The lowest BCUT2D eigenvalue weighted by Crippen LogP contribution is -1.94. The van der Waals surface area contributed by atoms with Crippen molar-refractivity contribution in [1.29, 1.82) is 0 Å². The first-order valence-electron chi connectivity index (χ1n) is 7.60. The fraction of sp³-hybridized carbons (Fsp3) is 0.0588. The molecular formula is C17H14N6S2. The fourth-order valence-electron chi connectivity index (χ4n) is 2.40. The van der Waals surface area contributed by atoms with E-state index < -0.39 is 0 Å². The van der Waals surface area contributed by atoms with Gasteiger partial charge < -0.3 is 0 Å². The largest absolute Gasteiger partial charge is 0.250 e. The van der Waals surface area contributed by atoms with E-state index in [1.165, 1.54) is 0 Å². The molecule has 0 aliphatic carbocycles. The molecule has 0 saturated carbocycles. The van der Waals surface area contributed by atoms with Crippen LogP contribution in [0.5, 0.6) is 0 Å². The summed E-state index contributed by atoms with van der Waals surface area (Å²) in [7, 11) is 0. The van der Waals surface area contributed by atoms with Gasteiger partial charge in [0.15, 0.2) is 5.82 Å². The molecule has 3 heterocycles. The number of aromatic nitrogens is 5. The van der Waals surface area contributed by atoms with Crippen LogP contribution in [0, 0.1) is 11.7 Å². The van der Waals surface area contributed by atoms with E-state index in [1.54, 1.807) is 22.2 Å². The van der Waals surface area contributed by atoms with Gasteiger partial charge in [-0.05, 0) is 42.7 Å². The smallest absolute Gasteiger partial charge is 0.216 e. The summed E-state index contributed by atoms with van der Waals surface area (Å²) in [4.78, 5) is 1.00. The normalized spacial score (nSPS) is 11.4. The van der Waals surface area contributed by atoms with Crippen molar-refractivity contribution in [3.8, 4) is 16.4 Å². The Morgan fingerprint density at radius 2 is 2.04 bits per heavy atom. The lowest BCUT2D eigenvalue weighted by atomic mass is 10.3. The van der Waals surface area contributed by atoms with Gasteiger partial charge in [-0.1, -0.05) is 24.3 Å². The van der Waals surface area contributed by atoms with Crippen LogP contribution in [-0.4, -0.2) is 30.9 Å². The van der Waals surface area contributed by atoms with Crippen molar-refractivity contribution in [2.45, 2.75) is 6.92 Å². The second-order valence-corrected chi connectivity index (χ2v) is 6.67. The van der Waals surface area contributed by atoms with Gasteiger partial charge in [0.2, 0.25) is 4.77 Å². The molecule has 0 atom stereocenters. The number of H-pyrrole nitrogens is 1. The van der Waals surface area contributed by atoms with Gasteiger partial charge >= 0.3 is 0 Å². The van der Waals surface area contributed by atoms with Crippen LogP contribution in [0.3, 0.4) is 0 Å². The second-order valence-electron chi connectivity index (χ2n) is 5.34. The van der Waals surface area contributed by atoms with Crippen LogP contribution in [0.25, 0.3) is 16.4 Å². The van der Waals surface area contributed by atoms with Crippen LogP contribution in [0.4, 0.5) is 0 Å². The van der Waals surface area contributed by atoms with Crippen LogP contribution in [0.1, 0.15) is 11.3 Å². The maximum Gasteiger partial charge on any atom is 0.216 e. The molecule has 0 amide bonds. The Morgan fingerprint density at radius 3 is 2.80 bits per heavy atom. The van der Waals surface area contributed by atoms with Gasteiger partial charge in [0.1, 0.15) is 0 Å². The molecule has 4 aromatic rings. The zero-order valence-corrected chi connectivity index (χ0v) is 15.0. The molecule has 8 heteroatoms. The van der Waals surface area contributed by atoms with E-state index in [2.05, 4.69) is 20.4 Å². The van der Waals surface area contributed by atoms with E-state index in [4.69, 9.17) is 12.2 Å². The molecule has 0 aliphatic rings. The summed E-state index contributed by atoms with van der Waals surface area (Å²) in [5.41, 5.74) is 2.81. The first-order chi connectivity index (χ1) is 12.2. The Hall–Kier alpha value is -2.84. The van der Waals surface area contributed by atoms with Gasteiger partial charge in [0, 0.05) is 11.8 Å². The standard InChI is InChI=1S/C17H14N6S2/c1-12-13(11-22(21-12)14-6-3-2-4-7-14)10-18-23-16(19-20-17(23)24)15-8-5-9-25-15/h2-11H,1H3,(H,20,24)/b18-10-. The number of nitrogens with one attached hydrogen (secondary N) is 1. The van der Waals surface area contributed by atoms with Crippen molar-refractivity contribution in [2.75, 3.05) is 0 Å². The quantitative estimate of drug-likeness (QED) is 0.438. The predicted molar refractivity (Wildman–Crippen MR) is 102 cm³/mol. The molecule has 6 nitrogen and oxygen atoms in total. The summed E-state index contributed by atoms with van der Waals surface area (Å²) in [6.45, 7) is 1.95. The van der Waals surface area contributed by atoms with Crippen molar-refractivity contribution < 1.29 is 0 Å². The average molecular weight is 366 g/mol. The highest BCUT2D eigenvalue weighted by Gasteiger charge is 2.09. The predicted octanol–water partition coefficient (Wildman–Crippen LogP) is 4.05. The molecule has 0 bridgehead atoms. The van der Waals surface area contributed by atoms with E-state index >= 15 is 0 Å². The van der Waals surface area contributed by atoms with Crippen molar-refractivity contribution in [3.63, 3.8) is 0 Å². The number of rotatable bonds is 4. The van der Waals surface area contributed by atoms with Crippen molar-refractivity contribution >= 4 is 29.8 Å².